The first-order valence-electron chi connectivity index (χ1n) is 6.64. The van der Waals surface area contributed by atoms with E-state index in [2.05, 4.69) is 5.32 Å². The van der Waals surface area contributed by atoms with Gasteiger partial charge in [-0.05, 0) is 24.6 Å². The second kappa shape index (κ2) is 9.28. The molecule has 1 rings (SSSR count). The number of ether oxygens (including phenoxy) is 2. The second-order valence-corrected chi connectivity index (χ2v) is 4.26. The topological polar surface area (TPSA) is 73.6 Å². The minimum atomic E-state index is -0.501. The van der Waals surface area contributed by atoms with Crippen molar-refractivity contribution in [3.8, 4) is 0 Å². The Morgan fingerprint density at radius 1 is 1.25 bits per heavy atom. The van der Waals surface area contributed by atoms with Crippen LogP contribution >= 0.6 is 0 Å². The number of rotatable bonds is 9. The Hall–Kier alpha value is -1.66. The monoisotopic (exact) mass is 284 g/mol. The maximum absolute atomic E-state index is 12.9. The van der Waals surface area contributed by atoms with E-state index in [-0.39, 0.29) is 18.0 Å². The van der Waals surface area contributed by atoms with Crippen molar-refractivity contribution in [1.82, 2.24) is 0 Å². The Morgan fingerprint density at radius 2 is 1.95 bits per heavy atom. The minimum absolute atomic E-state index is 0.00660. The van der Waals surface area contributed by atoms with Gasteiger partial charge in [-0.15, -0.1) is 0 Å². The van der Waals surface area contributed by atoms with E-state index in [0.717, 1.165) is 13.0 Å². The smallest absolute Gasteiger partial charge is 0.226 e. The number of nitrogen functional groups attached to an aromatic ring is 1. The highest BCUT2D eigenvalue weighted by Crippen LogP contribution is 2.16. The van der Waals surface area contributed by atoms with Gasteiger partial charge in [0.2, 0.25) is 5.91 Å². The van der Waals surface area contributed by atoms with Crippen molar-refractivity contribution in [3.63, 3.8) is 0 Å². The molecule has 6 heteroatoms. The van der Waals surface area contributed by atoms with Gasteiger partial charge in [-0.25, -0.2) is 4.39 Å². The SMILES string of the molecule is CCCOCCOCCC(=O)Nc1ccc(F)c(N)c1. The predicted octanol–water partition coefficient (Wildman–Crippen LogP) is 2.18. The zero-order valence-corrected chi connectivity index (χ0v) is 11.7. The van der Waals surface area contributed by atoms with Crippen LogP contribution in [0.2, 0.25) is 0 Å². The Kier molecular flexibility index (Phi) is 7.60. The van der Waals surface area contributed by atoms with Crippen LogP contribution < -0.4 is 11.1 Å². The number of carbonyl (C=O) groups excluding carboxylic acids is 1. The number of nitrogens with two attached hydrogens (primary N) is 1. The summed E-state index contributed by atoms with van der Waals surface area (Å²) in [5.74, 6) is -0.705. The van der Waals surface area contributed by atoms with E-state index >= 15 is 0 Å². The highest BCUT2D eigenvalue weighted by Gasteiger charge is 2.04. The van der Waals surface area contributed by atoms with Gasteiger partial charge in [0.1, 0.15) is 5.82 Å². The van der Waals surface area contributed by atoms with Gasteiger partial charge in [-0.1, -0.05) is 6.92 Å². The Balaban J connectivity index is 2.15. The average molecular weight is 284 g/mol. The first-order chi connectivity index (χ1) is 9.63. The van der Waals surface area contributed by atoms with Gasteiger partial charge in [-0.3, -0.25) is 4.79 Å². The normalized spacial score (nSPS) is 10.5. The zero-order chi connectivity index (χ0) is 14.8. The molecule has 0 radical (unpaired) electrons. The van der Waals surface area contributed by atoms with Crippen LogP contribution in [0.15, 0.2) is 18.2 Å². The third kappa shape index (κ3) is 6.49. The fourth-order valence-electron chi connectivity index (χ4n) is 1.48. The van der Waals surface area contributed by atoms with E-state index in [9.17, 15) is 9.18 Å². The van der Waals surface area contributed by atoms with Gasteiger partial charge in [0, 0.05) is 12.3 Å². The fourth-order valence-corrected chi connectivity index (χ4v) is 1.48. The molecule has 0 aliphatic rings. The van der Waals surface area contributed by atoms with E-state index in [0.29, 0.717) is 25.5 Å². The third-order valence-corrected chi connectivity index (χ3v) is 2.47. The van der Waals surface area contributed by atoms with Crippen molar-refractivity contribution in [2.75, 3.05) is 37.5 Å². The van der Waals surface area contributed by atoms with Gasteiger partial charge in [0.15, 0.2) is 0 Å². The zero-order valence-electron chi connectivity index (χ0n) is 11.7. The largest absolute Gasteiger partial charge is 0.396 e. The van der Waals surface area contributed by atoms with Crippen LogP contribution in [0.1, 0.15) is 19.8 Å². The molecule has 112 valence electrons. The van der Waals surface area contributed by atoms with Gasteiger partial charge in [0.05, 0.1) is 31.9 Å². The van der Waals surface area contributed by atoms with Crippen LogP contribution in [-0.2, 0) is 14.3 Å². The van der Waals surface area contributed by atoms with Crippen LogP contribution in [0.25, 0.3) is 0 Å². The lowest BCUT2D eigenvalue weighted by Crippen LogP contribution is -2.15. The lowest BCUT2D eigenvalue weighted by atomic mass is 10.2. The summed E-state index contributed by atoms with van der Waals surface area (Å²) in [6.07, 6.45) is 1.20. The van der Waals surface area contributed by atoms with Gasteiger partial charge < -0.3 is 20.5 Å². The molecule has 0 spiro atoms. The molecule has 0 unspecified atom stereocenters. The van der Waals surface area contributed by atoms with Crippen molar-refractivity contribution < 1.29 is 18.7 Å². The van der Waals surface area contributed by atoms with Crippen molar-refractivity contribution in [2.45, 2.75) is 19.8 Å². The summed E-state index contributed by atoms with van der Waals surface area (Å²) in [6.45, 7) is 4.07. The Labute approximate surface area is 118 Å². The van der Waals surface area contributed by atoms with Crippen LogP contribution in [0.3, 0.4) is 0 Å². The summed E-state index contributed by atoms with van der Waals surface area (Å²) >= 11 is 0. The lowest BCUT2D eigenvalue weighted by Gasteiger charge is -2.07. The molecule has 0 aromatic heterocycles. The summed E-state index contributed by atoms with van der Waals surface area (Å²) in [4.78, 5) is 11.6. The summed E-state index contributed by atoms with van der Waals surface area (Å²) in [5.41, 5.74) is 5.89. The number of hydrogen-bond acceptors (Lipinski definition) is 4. The summed E-state index contributed by atoms with van der Waals surface area (Å²) in [6, 6.07) is 4.06. The highest BCUT2D eigenvalue weighted by atomic mass is 19.1. The first-order valence-corrected chi connectivity index (χ1v) is 6.64. The molecule has 5 nitrogen and oxygen atoms in total. The summed E-state index contributed by atoms with van der Waals surface area (Å²) < 4.78 is 23.4. The molecule has 3 N–H and O–H groups in total. The van der Waals surface area contributed by atoms with Crippen LogP contribution in [0.4, 0.5) is 15.8 Å². The molecule has 1 aromatic carbocycles. The molecule has 0 bridgehead atoms. The van der Waals surface area contributed by atoms with Crippen molar-refractivity contribution >= 4 is 17.3 Å². The highest BCUT2D eigenvalue weighted by molar-refractivity contribution is 5.91. The molecule has 1 aromatic rings. The third-order valence-electron chi connectivity index (χ3n) is 2.47. The molecule has 20 heavy (non-hydrogen) atoms. The summed E-state index contributed by atoms with van der Waals surface area (Å²) in [7, 11) is 0. The summed E-state index contributed by atoms with van der Waals surface area (Å²) in [5, 5.41) is 2.62. The van der Waals surface area contributed by atoms with Crippen molar-refractivity contribution in [3.05, 3.63) is 24.0 Å². The van der Waals surface area contributed by atoms with E-state index in [1.165, 1.54) is 18.2 Å². The Bertz CT molecular complexity index is 427. The standard InChI is InChI=1S/C14H21FN2O3/c1-2-6-19-8-9-20-7-5-14(18)17-11-3-4-12(15)13(16)10-11/h3-4,10H,2,5-9,16H2,1H3,(H,17,18). The minimum Gasteiger partial charge on any atom is -0.396 e. The molecular weight excluding hydrogens is 263 g/mol. The predicted molar refractivity (Wildman–Crippen MR) is 76.0 cm³/mol. The number of amides is 1. The Morgan fingerprint density at radius 3 is 2.60 bits per heavy atom. The molecule has 0 aliphatic carbocycles. The number of benzene rings is 1. The van der Waals surface area contributed by atoms with Crippen molar-refractivity contribution in [1.29, 1.82) is 0 Å². The van der Waals surface area contributed by atoms with Crippen LogP contribution in [0, 0.1) is 5.82 Å². The van der Waals surface area contributed by atoms with Gasteiger partial charge in [-0.2, -0.15) is 0 Å². The van der Waals surface area contributed by atoms with Gasteiger partial charge in [0.25, 0.3) is 0 Å². The van der Waals surface area contributed by atoms with E-state index < -0.39 is 5.82 Å². The number of carbonyl (C=O) groups is 1. The average Bonchev–Trinajstić information content (AvgIpc) is 2.42. The van der Waals surface area contributed by atoms with Crippen LogP contribution in [-0.4, -0.2) is 32.3 Å². The van der Waals surface area contributed by atoms with E-state index in [4.69, 9.17) is 15.2 Å². The van der Waals surface area contributed by atoms with E-state index in [1.807, 2.05) is 6.92 Å². The number of anilines is 2. The van der Waals surface area contributed by atoms with Crippen molar-refractivity contribution in [2.24, 2.45) is 0 Å². The maximum atomic E-state index is 12.9. The molecular formula is C14H21FN2O3. The number of nitrogens with one attached hydrogen (secondary N) is 1. The fraction of sp³-hybridized carbons (Fsp3) is 0.500. The first kappa shape index (κ1) is 16.4. The molecule has 1 amide bonds. The quantitative estimate of drug-likeness (QED) is 0.538. The molecule has 0 saturated heterocycles. The number of hydrogen-bond donors (Lipinski definition) is 2. The number of halogens is 1. The molecule has 0 atom stereocenters. The van der Waals surface area contributed by atoms with Crippen LogP contribution in [0.5, 0.6) is 0 Å². The maximum Gasteiger partial charge on any atom is 0.226 e. The molecule has 0 aliphatic heterocycles. The van der Waals surface area contributed by atoms with E-state index in [1.54, 1.807) is 0 Å². The molecule has 0 saturated carbocycles. The molecule has 0 heterocycles. The van der Waals surface area contributed by atoms with Gasteiger partial charge >= 0.3 is 0 Å². The lowest BCUT2D eigenvalue weighted by molar-refractivity contribution is -0.117. The second-order valence-electron chi connectivity index (χ2n) is 4.26. The molecule has 0 fully saturated rings.